The number of hydrogen-bond donors (Lipinski definition) is 2. The summed E-state index contributed by atoms with van der Waals surface area (Å²) < 4.78 is 44.2. The second-order valence-corrected chi connectivity index (χ2v) is 7.07. The molecule has 1 aromatic heterocycles. The van der Waals surface area contributed by atoms with E-state index in [9.17, 15) is 27.6 Å². The van der Waals surface area contributed by atoms with Crippen molar-refractivity contribution in [3.63, 3.8) is 0 Å². The van der Waals surface area contributed by atoms with Gasteiger partial charge >= 0.3 is 6.61 Å². The van der Waals surface area contributed by atoms with Crippen LogP contribution in [0.3, 0.4) is 0 Å². The fraction of sp³-hybridized carbons (Fsp3) is 0.400. The lowest BCUT2D eigenvalue weighted by molar-refractivity contribution is -0.121. The van der Waals surface area contributed by atoms with E-state index in [0.29, 0.717) is 13.1 Å². The number of likely N-dealkylation sites (tertiary alicyclic amines) is 1. The number of rotatable bonds is 8. The van der Waals surface area contributed by atoms with E-state index in [1.165, 1.54) is 13.1 Å². The number of benzene rings is 1. The van der Waals surface area contributed by atoms with Gasteiger partial charge in [0.05, 0.1) is 12.7 Å². The van der Waals surface area contributed by atoms with Gasteiger partial charge in [-0.1, -0.05) is 6.07 Å². The molecule has 0 aliphatic carbocycles. The molecule has 1 fully saturated rings. The van der Waals surface area contributed by atoms with E-state index in [-0.39, 0.29) is 23.0 Å². The Morgan fingerprint density at radius 3 is 2.66 bits per heavy atom. The fourth-order valence-electron chi connectivity index (χ4n) is 3.32. The molecule has 3 rings (SSSR count). The van der Waals surface area contributed by atoms with Gasteiger partial charge in [0, 0.05) is 25.7 Å². The number of nitrogens with zero attached hydrogens (tertiary/aromatic N) is 3. The first-order chi connectivity index (χ1) is 15.3. The van der Waals surface area contributed by atoms with Crippen molar-refractivity contribution in [1.82, 2.24) is 25.1 Å². The molecule has 0 saturated carbocycles. The summed E-state index contributed by atoms with van der Waals surface area (Å²) in [5.74, 6) is -3.08. The molecule has 12 heteroatoms. The number of likely N-dealkylation sites (N-methyl/N-ethyl adjacent to an activating group) is 1. The first-order valence-corrected chi connectivity index (χ1v) is 9.86. The van der Waals surface area contributed by atoms with Crippen molar-refractivity contribution in [2.75, 3.05) is 26.7 Å². The summed E-state index contributed by atoms with van der Waals surface area (Å²) in [5.41, 5.74) is -0.429. The minimum atomic E-state index is -3.20. The Balaban J connectivity index is 1.86. The fourth-order valence-corrected chi connectivity index (χ4v) is 3.32. The lowest BCUT2D eigenvalue weighted by Crippen LogP contribution is -2.39. The first-order valence-electron chi connectivity index (χ1n) is 9.86. The molecule has 32 heavy (non-hydrogen) atoms. The Hall–Kier alpha value is -3.57. The van der Waals surface area contributed by atoms with Crippen LogP contribution in [0.4, 0.5) is 13.2 Å². The highest BCUT2D eigenvalue weighted by Gasteiger charge is 2.27. The van der Waals surface area contributed by atoms with E-state index in [1.807, 2.05) is 0 Å². The van der Waals surface area contributed by atoms with Crippen molar-refractivity contribution in [1.29, 1.82) is 0 Å². The van der Waals surface area contributed by atoms with Crippen molar-refractivity contribution in [3.05, 3.63) is 47.3 Å². The first kappa shape index (κ1) is 23.1. The van der Waals surface area contributed by atoms with Crippen LogP contribution < -0.4 is 10.1 Å². The molecule has 0 unspecified atom stereocenters. The van der Waals surface area contributed by atoms with E-state index in [4.69, 9.17) is 0 Å². The number of alkyl halides is 2. The summed E-state index contributed by atoms with van der Waals surface area (Å²) in [6, 6.07) is 3.35. The zero-order valence-corrected chi connectivity index (χ0v) is 17.2. The van der Waals surface area contributed by atoms with Crippen molar-refractivity contribution >= 4 is 17.7 Å². The Morgan fingerprint density at radius 2 is 2.00 bits per heavy atom. The standard InChI is InChI=1S/C20H22F3N5O4/c1-24-16(29)11-28(10-12-13(21)5-4-6-15(12)32-20(22)23)18(30)14-9-25-17(26-14)19(31)27-7-2-3-8-27/h4-6,9,20H,2-3,7-8,10-11H2,1H3,(H,24,29)(H,25,26). The van der Waals surface area contributed by atoms with Crippen LogP contribution in [0.2, 0.25) is 0 Å². The SMILES string of the molecule is CNC(=O)CN(Cc1c(F)cccc1OC(F)F)C(=O)c1cnc(C(=O)N2CCCC2)[nH]1. The number of aromatic nitrogens is 2. The third kappa shape index (κ3) is 5.37. The van der Waals surface area contributed by atoms with Gasteiger partial charge in [0.1, 0.15) is 23.8 Å². The zero-order chi connectivity index (χ0) is 23.3. The normalized spacial score (nSPS) is 13.3. The van der Waals surface area contributed by atoms with Gasteiger partial charge in [0.2, 0.25) is 5.91 Å². The largest absolute Gasteiger partial charge is 0.434 e. The summed E-state index contributed by atoms with van der Waals surface area (Å²) in [4.78, 5) is 46.6. The lowest BCUT2D eigenvalue weighted by atomic mass is 10.1. The van der Waals surface area contributed by atoms with Crippen molar-refractivity contribution in [3.8, 4) is 5.75 Å². The maximum Gasteiger partial charge on any atom is 0.387 e. The molecule has 0 bridgehead atoms. The predicted molar refractivity (Wildman–Crippen MR) is 106 cm³/mol. The van der Waals surface area contributed by atoms with E-state index in [2.05, 4.69) is 20.0 Å². The van der Waals surface area contributed by atoms with E-state index >= 15 is 0 Å². The third-order valence-electron chi connectivity index (χ3n) is 4.94. The number of ether oxygens (including phenoxy) is 1. The molecule has 3 amide bonds. The van der Waals surface area contributed by atoms with E-state index in [0.717, 1.165) is 36.1 Å². The number of amides is 3. The average molecular weight is 453 g/mol. The molecule has 2 heterocycles. The number of imidazole rings is 1. The number of carbonyl (C=O) groups is 3. The van der Waals surface area contributed by atoms with Gasteiger partial charge in [0.25, 0.3) is 11.8 Å². The van der Waals surface area contributed by atoms with Crippen LogP contribution in [-0.2, 0) is 11.3 Å². The number of carbonyl (C=O) groups excluding carboxylic acids is 3. The second kappa shape index (κ2) is 10.2. The lowest BCUT2D eigenvalue weighted by Gasteiger charge is -2.23. The summed E-state index contributed by atoms with van der Waals surface area (Å²) >= 11 is 0. The summed E-state index contributed by atoms with van der Waals surface area (Å²) in [6.45, 7) is -3.05. The molecule has 1 saturated heterocycles. The zero-order valence-electron chi connectivity index (χ0n) is 17.2. The summed E-state index contributed by atoms with van der Waals surface area (Å²) in [6.07, 6.45) is 2.90. The molecular weight excluding hydrogens is 431 g/mol. The van der Waals surface area contributed by atoms with Gasteiger partial charge in [-0.15, -0.1) is 0 Å². The molecule has 1 aliphatic rings. The summed E-state index contributed by atoms with van der Waals surface area (Å²) in [7, 11) is 1.35. The molecule has 1 aromatic carbocycles. The molecule has 0 spiro atoms. The highest BCUT2D eigenvalue weighted by atomic mass is 19.3. The van der Waals surface area contributed by atoms with Gasteiger partial charge in [-0.2, -0.15) is 8.78 Å². The number of H-pyrrole nitrogens is 1. The monoisotopic (exact) mass is 453 g/mol. The van der Waals surface area contributed by atoms with Gasteiger partial charge in [-0.05, 0) is 25.0 Å². The third-order valence-corrected chi connectivity index (χ3v) is 4.94. The van der Waals surface area contributed by atoms with Crippen LogP contribution >= 0.6 is 0 Å². The molecule has 2 aromatic rings. The molecule has 9 nitrogen and oxygen atoms in total. The van der Waals surface area contributed by atoms with Gasteiger partial charge in [-0.3, -0.25) is 14.4 Å². The number of halogens is 3. The summed E-state index contributed by atoms with van der Waals surface area (Å²) in [5, 5.41) is 2.35. The molecular formula is C20H22F3N5O4. The molecule has 0 radical (unpaired) electrons. The maximum absolute atomic E-state index is 14.4. The predicted octanol–water partition coefficient (Wildman–Crippen LogP) is 1.77. The highest BCUT2D eigenvalue weighted by Crippen LogP contribution is 2.25. The minimum absolute atomic E-state index is 0.0391. The van der Waals surface area contributed by atoms with Crippen molar-refractivity contribution < 1.29 is 32.3 Å². The van der Waals surface area contributed by atoms with Crippen molar-refractivity contribution in [2.24, 2.45) is 0 Å². The smallest absolute Gasteiger partial charge is 0.387 e. The van der Waals surface area contributed by atoms with Crippen LogP contribution in [0.15, 0.2) is 24.4 Å². The Bertz CT molecular complexity index is 991. The van der Waals surface area contributed by atoms with E-state index in [1.54, 1.807) is 4.90 Å². The van der Waals surface area contributed by atoms with E-state index < -0.39 is 43.1 Å². The van der Waals surface area contributed by atoms with Crippen LogP contribution in [0.1, 0.15) is 39.5 Å². The molecule has 0 atom stereocenters. The second-order valence-electron chi connectivity index (χ2n) is 7.07. The Kier molecular flexibility index (Phi) is 7.33. The Labute approximate surface area is 181 Å². The molecule has 172 valence electrons. The molecule has 2 N–H and O–H groups in total. The Morgan fingerprint density at radius 1 is 1.28 bits per heavy atom. The van der Waals surface area contributed by atoms with Gasteiger partial charge in [-0.25, -0.2) is 9.37 Å². The van der Waals surface area contributed by atoms with Crippen LogP contribution in [0, 0.1) is 5.82 Å². The van der Waals surface area contributed by atoms with Gasteiger partial charge in [0.15, 0.2) is 5.82 Å². The van der Waals surface area contributed by atoms with Crippen LogP contribution in [0.25, 0.3) is 0 Å². The topological polar surface area (TPSA) is 108 Å². The highest BCUT2D eigenvalue weighted by molar-refractivity contribution is 5.97. The quantitative estimate of drug-likeness (QED) is 0.634. The van der Waals surface area contributed by atoms with Gasteiger partial charge < -0.3 is 24.8 Å². The number of aromatic amines is 1. The van der Waals surface area contributed by atoms with Crippen LogP contribution in [-0.4, -0.2) is 70.8 Å². The number of nitrogens with one attached hydrogen (secondary N) is 2. The maximum atomic E-state index is 14.4. The number of hydrogen-bond acceptors (Lipinski definition) is 5. The van der Waals surface area contributed by atoms with Crippen molar-refractivity contribution in [2.45, 2.75) is 26.0 Å². The molecule has 1 aliphatic heterocycles. The average Bonchev–Trinajstić information content (AvgIpc) is 3.46. The van der Waals surface area contributed by atoms with Crippen LogP contribution in [0.5, 0.6) is 5.75 Å². The minimum Gasteiger partial charge on any atom is -0.434 e.